The summed E-state index contributed by atoms with van der Waals surface area (Å²) in [5.41, 5.74) is 0. The molecule has 1 N–H and O–H groups in total. The Morgan fingerprint density at radius 3 is 2.77 bits per heavy atom. The van der Waals surface area contributed by atoms with Crippen molar-refractivity contribution in [2.45, 2.75) is 31.8 Å². The molecule has 0 radical (unpaired) electrons. The molecule has 1 rings (SSSR count). The molecule has 0 heterocycles. The van der Waals surface area contributed by atoms with E-state index < -0.39 is 0 Å². The number of thiocarbonyl (C=S) groups is 1. The van der Waals surface area contributed by atoms with Gasteiger partial charge in [0.15, 0.2) is 5.11 Å². The third kappa shape index (κ3) is 3.73. The van der Waals surface area contributed by atoms with E-state index in [2.05, 4.69) is 30.4 Å². The highest BCUT2D eigenvalue weighted by Gasteiger charge is 2.23. The molecular formula is C9H18N2S2. The second-order valence-corrected chi connectivity index (χ2v) is 4.94. The van der Waals surface area contributed by atoms with Crippen LogP contribution in [-0.2, 0) is 0 Å². The van der Waals surface area contributed by atoms with Crippen molar-refractivity contribution in [2.24, 2.45) is 0 Å². The van der Waals surface area contributed by atoms with Crippen LogP contribution < -0.4 is 5.32 Å². The lowest BCUT2D eigenvalue weighted by molar-refractivity contribution is 0.415. The minimum absolute atomic E-state index is 0.522. The van der Waals surface area contributed by atoms with Gasteiger partial charge in [-0.2, -0.15) is 11.8 Å². The molecular weight excluding hydrogens is 200 g/mol. The molecule has 4 heteroatoms. The average molecular weight is 218 g/mol. The Bertz CT molecular complexity index is 180. The summed E-state index contributed by atoms with van der Waals surface area (Å²) in [5, 5.41) is 4.25. The van der Waals surface area contributed by atoms with Crippen LogP contribution in [0, 0.1) is 0 Å². The maximum Gasteiger partial charge on any atom is 0.169 e. The summed E-state index contributed by atoms with van der Waals surface area (Å²) in [5.74, 6) is 1.13. The number of hydrogen-bond acceptors (Lipinski definition) is 2. The fourth-order valence-corrected chi connectivity index (χ4v) is 2.11. The molecule has 1 aliphatic rings. The first kappa shape index (κ1) is 11.1. The summed E-state index contributed by atoms with van der Waals surface area (Å²) in [7, 11) is 2.07. The molecule has 0 aromatic carbocycles. The highest BCUT2D eigenvalue weighted by molar-refractivity contribution is 7.98. The first-order valence-electron chi connectivity index (χ1n) is 4.67. The molecule has 1 atom stereocenters. The van der Waals surface area contributed by atoms with Crippen molar-refractivity contribution >= 4 is 29.1 Å². The van der Waals surface area contributed by atoms with Gasteiger partial charge in [-0.1, -0.05) is 0 Å². The van der Waals surface area contributed by atoms with Gasteiger partial charge < -0.3 is 10.2 Å². The largest absolute Gasteiger partial charge is 0.360 e. The second-order valence-electron chi connectivity index (χ2n) is 3.64. The topological polar surface area (TPSA) is 15.3 Å². The number of nitrogens with zero attached hydrogens (tertiary/aromatic N) is 1. The maximum absolute atomic E-state index is 5.29. The molecule has 0 aromatic rings. The molecule has 0 amide bonds. The molecule has 2 nitrogen and oxygen atoms in total. The van der Waals surface area contributed by atoms with Gasteiger partial charge in [0, 0.05) is 24.9 Å². The van der Waals surface area contributed by atoms with Crippen molar-refractivity contribution < 1.29 is 0 Å². The van der Waals surface area contributed by atoms with Crippen LogP contribution in [0.3, 0.4) is 0 Å². The molecule has 1 aliphatic carbocycles. The van der Waals surface area contributed by atoms with Crippen LogP contribution in [0.15, 0.2) is 0 Å². The fourth-order valence-electron chi connectivity index (χ4n) is 1.06. The Kier molecular flexibility index (Phi) is 4.32. The summed E-state index contributed by atoms with van der Waals surface area (Å²) in [4.78, 5) is 2.16. The van der Waals surface area contributed by atoms with Crippen LogP contribution in [0.5, 0.6) is 0 Å². The molecule has 1 fully saturated rings. The van der Waals surface area contributed by atoms with Crippen LogP contribution in [-0.4, -0.2) is 41.2 Å². The van der Waals surface area contributed by atoms with Gasteiger partial charge in [0.1, 0.15) is 0 Å². The number of thioether (sulfide) groups is 1. The molecule has 0 aromatic heterocycles. The number of rotatable bonds is 4. The number of nitrogens with one attached hydrogen (secondary N) is 1. The molecule has 0 aliphatic heterocycles. The predicted molar refractivity (Wildman–Crippen MR) is 64.4 cm³/mol. The van der Waals surface area contributed by atoms with Gasteiger partial charge in [-0.3, -0.25) is 0 Å². The van der Waals surface area contributed by atoms with Gasteiger partial charge in [-0.05, 0) is 38.2 Å². The molecule has 76 valence electrons. The highest BCUT2D eigenvalue weighted by Crippen LogP contribution is 2.19. The Morgan fingerprint density at radius 1 is 1.69 bits per heavy atom. The molecule has 0 saturated heterocycles. The van der Waals surface area contributed by atoms with Crippen molar-refractivity contribution in [1.82, 2.24) is 10.2 Å². The lowest BCUT2D eigenvalue weighted by atomic mass is 10.3. The third-order valence-corrected chi connectivity index (χ3v) is 3.52. The van der Waals surface area contributed by atoms with E-state index in [0.29, 0.717) is 12.1 Å². The van der Waals surface area contributed by atoms with Crippen molar-refractivity contribution in [2.75, 3.05) is 19.1 Å². The first-order chi connectivity index (χ1) is 6.15. The quantitative estimate of drug-likeness (QED) is 0.722. The fraction of sp³-hybridized carbons (Fsp3) is 0.889. The molecule has 0 spiro atoms. The van der Waals surface area contributed by atoms with E-state index in [1.807, 2.05) is 11.8 Å². The average Bonchev–Trinajstić information content (AvgIpc) is 2.87. The van der Waals surface area contributed by atoms with Crippen LogP contribution in [0.25, 0.3) is 0 Å². The zero-order chi connectivity index (χ0) is 9.84. The van der Waals surface area contributed by atoms with Gasteiger partial charge in [0.05, 0.1) is 0 Å². The number of hydrogen-bond donors (Lipinski definition) is 1. The smallest absolute Gasteiger partial charge is 0.169 e. The molecule has 1 unspecified atom stereocenters. The van der Waals surface area contributed by atoms with E-state index in [0.717, 1.165) is 10.9 Å². The minimum Gasteiger partial charge on any atom is -0.360 e. The zero-order valence-electron chi connectivity index (χ0n) is 8.54. The van der Waals surface area contributed by atoms with Crippen molar-refractivity contribution in [3.05, 3.63) is 0 Å². The normalized spacial score (nSPS) is 18.1. The zero-order valence-corrected chi connectivity index (χ0v) is 10.2. The lowest BCUT2D eigenvalue weighted by Crippen LogP contribution is -2.43. The third-order valence-electron chi connectivity index (χ3n) is 2.29. The summed E-state index contributed by atoms with van der Waals surface area (Å²) in [6, 6.07) is 1.19. The Hall–Kier alpha value is 0.0400. The van der Waals surface area contributed by atoms with Crippen molar-refractivity contribution in [3.8, 4) is 0 Å². The van der Waals surface area contributed by atoms with Crippen molar-refractivity contribution in [1.29, 1.82) is 0 Å². The molecule has 0 bridgehead atoms. The standard InChI is InChI=1S/C9H18N2S2/c1-7(6-13-3)11(2)9(12)10-8-4-5-8/h7-8H,4-6H2,1-3H3,(H,10,12). The predicted octanol–water partition coefficient (Wildman–Crippen LogP) is 1.71. The monoisotopic (exact) mass is 218 g/mol. The van der Waals surface area contributed by atoms with Crippen LogP contribution in [0.4, 0.5) is 0 Å². The Morgan fingerprint density at radius 2 is 2.31 bits per heavy atom. The van der Waals surface area contributed by atoms with E-state index in [1.165, 1.54) is 12.8 Å². The van der Waals surface area contributed by atoms with Gasteiger partial charge in [-0.15, -0.1) is 0 Å². The lowest BCUT2D eigenvalue weighted by Gasteiger charge is -2.27. The van der Waals surface area contributed by atoms with E-state index >= 15 is 0 Å². The SMILES string of the molecule is CSCC(C)N(C)C(=S)NC1CC1. The summed E-state index contributed by atoms with van der Waals surface area (Å²) >= 11 is 7.15. The Labute approximate surface area is 90.4 Å². The van der Waals surface area contributed by atoms with E-state index in [4.69, 9.17) is 12.2 Å². The van der Waals surface area contributed by atoms with Crippen LogP contribution >= 0.6 is 24.0 Å². The van der Waals surface area contributed by atoms with Crippen LogP contribution in [0.2, 0.25) is 0 Å². The van der Waals surface area contributed by atoms with Gasteiger partial charge in [0.2, 0.25) is 0 Å². The van der Waals surface area contributed by atoms with Crippen LogP contribution in [0.1, 0.15) is 19.8 Å². The Balaban J connectivity index is 2.26. The second kappa shape index (κ2) is 5.05. The van der Waals surface area contributed by atoms with E-state index in [9.17, 15) is 0 Å². The highest BCUT2D eigenvalue weighted by atomic mass is 32.2. The summed E-state index contributed by atoms with van der Waals surface area (Å²) < 4.78 is 0. The van der Waals surface area contributed by atoms with Gasteiger partial charge >= 0.3 is 0 Å². The van der Waals surface area contributed by atoms with E-state index in [-0.39, 0.29) is 0 Å². The van der Waals surface area contributed by atoms with Gasteiger partial charge in [0.25, 0.3) is 0 Å². The molecule has 1 saturated carbocycles. The van der Waals surface area contributed by atoms with Gasteiger partial charge in [-0.25, -0.2) is 0 Å². The van der Waals surface area contributed by atoms with E-state index in [1.54, 1.807) is 0 Å². The van der Waals surface area contributed by atoms with Crippen molar-refractivity contribution in [3.63, 3.8) is 0 Å². The maximum atomic E-state index is 5.29. The summed E-state index contributed by atoms with van der Waals surface area (Å²) in [6.45, 7) is 2.21. The first-order valence-corrected chi connectivity index (χ1v) is 6.47. The molecule has 13 heavy (non-hydrogen) atoms. The summed E-state index contributed by atoms with van der Waals surface area (Å²) in [6.07, 6.45) is 4.69. The minimum atomic E-state index is 0.522.